The molecule has 1 aromatic carbocycles. The van der Waals surface area contributed by atoms with Crippen molar-refractivity contribution in [1.29, 1.82) is 5.39 Å². The molecule has 0 aliphatic heterocycles. The van der Waals surface area contributed by atoms with E-state index in [-0.39, 0.29) is 17.5 Å². The largest absolute Gasteiger partial charge is 0.410 e. The van der Waals surface area contributed by atoms with Gasteiger partial charge in [0.25, 0.3) is 0 Å². The van der Waals surface area contributed by atoms with Crippen molar-refractivity contribution in [2.45, 2.75) is 13.8 Å². The SMILES string of the molecule is CC(=O)Nc1ccc(NC(C)=O)c([N+]#N)c1. The molecule has 1 aromatic rings. The molecule has 2 amide bonds. The normalized spacial score (nSPS) is 9.06. The molecule has 0 spiro atoms. The van der Waals surface area contributed by atoms with Gasteiger partial charge in [-0.3, -0.25) is 9.59 Å². The molecular formula is C10H11N4O2+. The van der Waals surface area contributed by atoms with Crippen LogP contribution in [0.15, 0.2) is 18.2 Å². The molecule has 0 aromatic heterocycles. The van der Waals surface area contributed by atoms with Gasteiger partial charge in [-0.2, -0.15) is 0 Å². The highest BCUT2D eigenvalue weighted by atomic mass is 16.2. The zero-order chi connectivity index (χ0) is 12.1. The van der Waals surface area contributed by atoms with Crippen LogP contribution in [0, 0.1) is 5.39 Å². The van der Waals surface area contributed by atoms with Crippen molar-refractivity contribution in [2.75, 3.05) is 10.6 Å². The summed E-state index contributed by atoms with van der Waals surface area (Å²) in [7, 11) is 0. The van der Waals surface area contributed by atoms with Gasteiger partial charge in [0.15, 0.2) is 4.98 Å². The number of nitrogens with one attached hydrogen (secondary N) is 2. The molecule has 1 rings (SSSR count). The molecule has 0 radical (unpaired) electrons. The third-order valence-corrected chi connectivity index (χ3v) is 1.74. The highest BCUT2D eigenvalue weighted by Crippen LogP contribution is 2.28. The summed E-state index contributed by atoms with van der Waals surface area (Å²) in [6, 6.07) is 4.59. The summed E-state index contributed by atoms with van der Waals surface area (Å²) in [5.41, 5.74) is 1.06. The van der Waals surface area contributed by atoms with Crippen LogP contribution < -0.4 is 10.6 Å². The summed E-state index contributed by atoms with van der Waals surface area (Å²) in [6.07, 6.45) is 0. The van der Waals surface area contributed by atoms with Gasteiger partial charge in [0.05, 0.1) is 6.07 Å². The quantitative estimate of drug-likeness (QED) is 0.746. The first-order valence-corrected chi connectivity index (χ1v) is 4.57. The van der Waals surface area contributed by atoms with E-state index in [1.54, 1.807) is 12.1 Å². The molecule has 0 heterocycles. The Balaban J connectivity index is 3.02. The van der Waals surface area contributed by atoms with E-state index >= 15 is 0 Å². The van der Waals surface area contributed by atoms with Crippen LogP contribution in [0.4, 0.5) is 17.1 Å². The summed E-state index contributed by atoms with van der Waals surface area (Å²) in [6.45, 7) is 2.72. The van der Waals surface area contributed by atoms with Gasteiger partial charge in [-0.15, -0.1) is 0 Å². The second-order valence-electron chi connectivity index (χ2n) is 3.19. The Hall–Kier alpha value is -2.42. The molecule has 0 atom stereocenters. The lowest BCUT2D eigenvalue weighted by atomic mass is 10.2. The van der Waals surface area contributed by atoms with Crippen molar-refractivity contribution in [2.24, 2.45) is 0 Å². The van der Waals surface area contributed by atoms with E-state index in [4.69, 9.17) is 5.39 Å². The average Bonchev–Trinajstić information content (AvgIpc) is 2.18. The Morgan fingerprint density at radius 2 is 1.81 bits per heavy atom. The predicted octanol–water partition coefficient (Wildman–Crippen LogP) is 2.09. The zero-order valence-corrected chi connectivity index (χ0v) is 8.94. The van der Waals surface area contributed by atoms with Crippen LogP contribution in [0.3, 0.4) is 0 Å². The van der Waals surface area contributed by atoms with Gasteiger partial charge in [-0.25, -0.2) is 0 Å². The minimum Gasteiger partial charge on any atom is -0.326 e. The zero-order valence-electron chi connectivity index (χ0n) is 8.94. The molecule has 2 N–H and O–H groups in total. The topological polar surface area (TPSA) is 86.3 Å². The molecule has 0 unspecified atom stereocenters. The van der Waals surface area contributed by atoms with Crippen LogP contribution in [0.1, 0.15) is 13.8 Å². The van der Waals surface area contributed by atoms with Crippen LogP contribution in [0.2, 0.25) is 0 Å². The maximum absolute atomic E-state index is 10.8. The number of carbonyl (C=O) groups excluding carboxylic acids is 2. The first-order valence-electron chi connectivity index (χ1n) is 4.57. The van der Waals surface area contributed by atoms with Gasteiger partial charge in [-0.1, -0.05) is 0 Å². The van der Waals surface area contributed by atoms with Crippen molar-refractivity contribution in [3.63, 3.8) is 0 Å². The molecule has 0 aliphatic rings. The number of rotatable bonds is 2. The number of diazo groups is 1. The summed E-state index contributed by atoms with van der Waals surface area (Å²) in [5, 5.41) is 13.8. The van der Waals surface area contributed by atoms with Crippen LogP contribution in [0.5, 0.6) is 0 Å². The minimum atomic E-state index is -0.267. The van der Waals surface area contributed by atoms with E-state index in [1.165, 1.54) is 19.9 Å². The fraction of sp³-hybridized carbons (Fsp3) is 0.200. The summed E-state index contributed by atoms with van der Waals surface area (Å²) in [4.78, 5) is 24.7. The standard InChI is InChI=1S/C10H10N4O2/c1-6(15)12-8-3-4-9(13-7(2)16)10(5-8)14-11/h3-5,11H,1-2H3/p+1. The lowest BCUT2D eigenvalue weighted by Crippen LogP contribution is -2.07. The summed E-state index contributed by atoms with van der Waals surface area (Å²) < 4.78 is 0. The summed E-state index contributed by atoms with van der Waals surface area (Å²) in [5.74, 6) is -0.492. The molecule has 0 fully saturated rings. The number of nitrogens with zero attached hydrogens (tertiary/aromatic N) is 2. The van der Waals surface area contributed by atoms with Crippen LogP contribution >= 0.6 is 0 Å². The number of benzene rings is 1. The second-order valence-corrected chi connectivity index (χ2v) is 3.19. The molecule has 0 bridgehead atoms. The van der Waals surface area contributed by atoms with Crippen molar-refractivity contribution in [3.05, 3.63) is 23.2 Å². The van der Waals surface area contributed by atoms with E-state index in [2.05, 4.69) is 15.6 Å². The lowest BCUT2D eigenvalue weighted by Gasteiger charge is -2.02. The fourth-order valence-electron chi connectivity index (χ4n) is 1.19. The molecule has 6 nitrogen and oxygen atoms in total. The third-order valence-electron chi connectivity index (χ3n) is 1.74. The van der Waals surface area contributed by atoms with Crippen molar-refractivity contribution in [1.82, 2.24) is 0 Å². The number of carbonyl (C=O) groups is 2. The Morgan fingerprint density at radius 1 is 1.19 bits per heavy atom. The Morgan fingerprint density at radius 3 is 2.31 bits per heavy atom. The van der Waals surface area contributed by atoms with Crippen molar-refractivity contribution in [3.8, 4) is 0 Å². The van der Waals surface area contributed by atoms with Gasteiger partial charge in [-0.05, 0) is 12.1 Å². The van der Waals surface area contributed by atoms with E-state index in [1.807, 2.05) is 0 Å². The van der Waals surface area contributed by atoms with Crippen molar-refractivity contribution >= 4 is 28.9 Å². The van der Waals surface area contributed by atoms with E-state index in [9.17, 15) is 9.59 Å². The smallest absolute Gasteiger partial charge is 0.326 e. The van der Waals surface area contributed by atoms with Crippen molar-refractivity contribution < 1.29 is 9.59 Å². The summed E-state index contributed by atoms with van der Waals surface area (Å²) >= 11 is 0. The Kier molecular flexibility index (Phi) is 3.56. The first-order chi connectivity index (χ1) is 7.52. The molecule has 16 heavy (non-hydrogen) atoms. The maximum Gasteiger partial charge on any atom is 0.410 e. The lowest BCUT2D eigenvalue weighted by molar-refractivity contribution is -0.115. The Labute approximate surface area is 92.3 Å². The number of anilines is 2. The molecule has 82 valence electrons. The second kappa shape index (κ2) is 4.89. The number of hydrogen-bond donors (Lipinski definition) is 2. The van der Waals surface area contributed by atoms with E-state index < -0.39 is 0 Å². The van der Waals surface area contributed by atoms with Gasteiger partial charge in [0.1, 0.15) is 5.69 Å². The highest BCUT2D eigenvalue weighted by molar-refractivity contribution is 5.95. The van der Waals surface area contributed by atoms with Gasteiger partial charge in [0, 0.05) is 19.5 Å². The van der Waals surface area contributed by atoms with E-state index in [0.717, 1.165) is 0 Å². The third kappa shape index (κ3) is 3.06. The molecule has 0 saturated carbocycles. The van der Waals surface area contributed by atoms with Crippen LogP contribution in [-0.4, -0.2) is 11.8 Å². The van der Waals surface area contributed by atoms with E-state index in [0.29, 0.717) is 11.4 Å². The maximum atomic E-state index is 10.8. The fourth-order valence-corrected chi connectivity index (χ4v) is 1.19. The number of hydrogen-bond acceptors (Lipinski definition) is 3. The highest BCUT2D eigenvalue weighted by Gasteiger charge is 2.15. The molecule has 0 aliphatic carbocycles. The average molecular weight is 219 g/mol. The molecular weight excluding hydrogens is 208 g/mol. The first kappa shape index (κ1) is 11.7. The van der Waals surface area contributed by atoms with Gasteiger partial charge in [0.2, 0.25) is 17.2 Å². The van der Waals surface area contributed by atoms with Gasteiger partial charge >= 0.3 is 5.69 Å². The van der Waals surface area contributed by atoms with Crippen LogP contribution in [-0.2, 0) is 9.59 Å². The molecule has 6 heteroatoms. The minimum absolute atomic E-state index is 0.182. The number of amides is 2. The van der Waals surface area contributed by atoms with Crippen LogP contribution in [0.25, 0.3) is 4.98 Å². The Bertz CT molecular complexity index is 476. The predicted molar refractivity (Wildman–Crippen MR) is 59.8 cm³/mol. The van der Waals surface area contributed by atoms with Gasteiger partial charge < -0.3 is 10.6 Å². The molecule has 0 saturated heterocycles. The monoisotopic (exact) mass is 219 g/mol.